The molecule has 1 aromatic carbocycles. The van der Waals surface area contributed by atoms with Crippen LogP contribution in [0.3, 0.4) is 0 Å². The van der Waals surface area contributed by atoms with Crippen LogP contribution in [0.1, 0.15) is 41.5 Å². The standard InChI is InChI=1S/C26H30N4O4.Zn/c1-7-33-25(31)23-17(5)15(3)21(29-23)13-27-19-11-9-10-12-20(19)28-14-22-16(4)18(6)24(30-22)26(32)34-8-2;/h9-14,31-32H,7-8H2,1-6H3;/q;+2/p-2/b25-23+,26-24+,27-13?,28-14?;. The Morgan fingerprint density at radius 1 is 0.743 bits per heavy atom. The number of hydrogen-bond donors (Lipinski definition) is 0. The summed E-state index contributed by atoms with van der Waals surface area (Å²) in [6, 6.07) is 7.39. The molecule has 35 heavy (non-hydrogen) atoms. The minimum Gasteiger partial charge on any atom is -0.612 e. The van der Waals surface area contributed by atoms with Crippen molar-refractivity contribution < 1.29 is 39.2 Å². The summed E-state index contributed by atoms with van der Waals surface area (Å²) >= 11 is 0. The molecule has 178 valence electrons. The molecule has 0 aliphatic carbocycles. The predicted octanol–water partition coefficient (Wildman–Crippen LogP) is 3.80. The molecule has 0 saturated carbocycles. The van der Waals surface area contributed by atoms with E-state index in [4.69, 9.17) is 9.47 Å². The third-order valence-corrected chi connectivity index (χ3v) is 5.54. The molecule has 2 aliphatic heterocycles. The summed E-state index contributed by atoms with van der Waals surface area (Å²) in [5, 5.41) is 24.3. The van der Waals surface area contributed by atoms with E-state index in [9.17, 15) is 10.2 Å². The first-order chi connectivity index (χ1) is 16.3. The molecule has 3 rings (SSSR count). The maximum atomic E-state index is 12.1. The number of aliphatic imine (C=N–C) groups is 4. The topological polar surface area (TPSA) is 114 Å². The molecule has 0 unspecified atom stereocenters. The van der Waals surface area contributed by atoms with Gasteiger partial charge >= 0.3 is 19.5 Å². The van der Waals surface area contributed by atoms with Gasteiger partial charge in [-0.3, -0.25) is 9.98 Å². The van der Waals surface area contributed by atoms with Crippen molar-refractivity contribution in [3.8, 4) is 0 Å². The maximum Gasteiger partial charge on any atom is 2.00 e. The molecule has 0 saturated heterocycles. The summed E-state index contributed by atoms with van der Waals surface area (Å²) in [5.74, 6) is -0.884. The Morgan fingerprint density at radius 3 is 1.46 bits per heavy atom. The average molecular weight is 526 g/mol. The predicted molar refractivity (Wildman–Crippen MR) is 132 cm³/mol. The number of para-hydroxylation sites is 2. The quantitative estimate of drug-likeness (QED) is 0.292. The van der Waals surface area contributed by atoms with Crippen molar-refractivity contribution in [1.29, 1.82) is 0 Å². The van der Waals surface area contributed by atoms with E-state index < -0.39 is 11.9 Å². The monoisotopic (exact) mass is 524 g/mol. The van der Waals surface area contributed by atoms with E-state index in [1.165, 1.54) is 0 Å². The summed E-state index contributed by atoms with van der Waals surface area (Å²) in [5.41, 5.74) is 6.35. The Kier molecular flexibility index (Phi) is 9.90. The van der Waals surface area contributed by atoms with Gasteiger partial charge in [-0.05, 0) is 75.3 Å². The van der Waals surface area contributed by atoms with Crippen LogP contribution in [0.15, 0.2) is 89.8 Å². The first-order valence-electron chi connectivity index (χ1n) is 11.1. The second-order valence-electron chi connectivity index (χ2n) is 7.64. The molecule has 9 heteroatoms. The molecule has 0 amide bonds. The number of ether oxygens (including phenoxy) is 2. The van der Waals surface area contributed by atoms with E-state index in [1.807, 2.05) is 52.0 Å². The smallest absolute Gasteiger partial charge is 0.612 e. The summed E-state index contributed by atoms with van der Waals surface area (Å²) in [7, 11) is 0. The summed E-state index contributed by atoms with van der Waals surface area (Å²) in [6.45, 7) is 11.6. The van der Waals surface area contributed by atoms with Crippen LogP contribution in [0, 0.1) is 0 Å². The van der Waals surface area contributed by atoms with Crippen molar-refractivity contribution in [2.24, 2.45) is 20.0 Å². The molecular formula is C26H28N4O4Zn. The average Bonchev–Trinajstić information content (AvgIpc) is 3.27. The van der Waals surface area contributed by atoms with E-state index in [0.29, 0.717) is 34.2 Å². The van der Waals surface area contributed by atoms with Crippen LogP contribution in [0.25, 0.3) is 0 Å². The van der Waals surface area contributed by atoms with Crippen molar-refractivity contribution >= 4 is 35.2 Å². The van der Waals surface area contributed by atoms with Crippen LogP contribution in [-0.4, -0.2) is 37.1 Å². The van der Waals surface area contributed by atoms with Crippen LogP contribution < -0.4 is 10.2 Å². The van der Waals surface area contributed by atoms with E-state index in [2.05, 4.69) is 20.0 Å². The van der Waals surface area contributed by atoms with Crippen LogP contribution in [0.5, 0.6) is 0 Å². The maximum absolute atomic E-state index is 12.1. The fourth-order valence-electron chi connectivity index (χ4n) is 3.31. The molecule has 8 nitrogen and oxygen atoms in total. The van der Waals surface area contributed by atoms with Gasteiger partial charge in [-0.25, -0.2) is 9.98 Å². The summed E-state index contributed by atoms with van der Waals surface area (Å²) in [4.78, 5) is 17.9. The van der Waals surface area contributed by atoms with Gasteiger partial charge in [0.1, 0.15) is 0 Å². The van der Waals surface area contributed by atoms with E-state index >= 15 is 0 Å². The Morgan fingerprint density at radius 2 is 1.11 bits per heavy atom. The van der Waals surface area contributed by atoms with Gasteiger partial charge in [-0.15, -0.1) is 0 Å². The van der Waals surface area contributed by atoms with Crippen LogP contribution >= 0.6 is 0 Å². The van der Waals surface area contributed by atoms with Gasteiger partial charge in [0.25, 0.3) is 0 Å². The van der Waals surface area contributed by atoms with Gasteiger partial charge in [0, 0.05) is 0 Å². The first kappa shape index (κ1) is 27.9. The van der Waals surface area contributed by atoms with Gasteiger partial charge in [-0.1, -0.05) is 26.0 Å². The number of benzene rings is 1. The van der Waals surface area contributed by atoms with E-state index in [-0.39, 0.29) is 32.7 Å². The van der Waals surface area contributed by atoms with Gasteiger partial charge < -0.3 is 19.7 Å². The van der Waals surface area contributed by atoms with Crippen LogP contribution in [0.2, 0.25) is 0 Å². The Labute approximate surface area is 218 Å². The summed E-state index contributed by atoms with van der Waals surface area (Å²) < 4.78 is 10.2. The van der Waals surface area contributed by atoms with Crippen LogP contribution in [-0.2, 0) is 29.0 Å². The molecule has 1 aromatic rings. The van der Waals surface area contributed by atoms with Gasteiger partial charge in [0.15, 0.2) is 0 Å². The molecule has 0 radical (unpaired) electrons. The SMILES string of the molecule is CCO/C([O-])=C1/N=C(C=Nc2ccccc2N=CC2=N/C(=C(\[O-])OCC)C(C)=C2C)C(C)=C1C.[Zn+2]. The molecule has 0 atom stereocenters. The third kappa shape index (κ3) is 6.22. The number of rotatable bonds is 8. The summed E-state index contributed by atoms with van der Waals surface area (Å²) in [6.07, 6.45) is 3.24. The zero-order valence-electron chi connectivity index (χ0n) is 21.0. The zero-order chi connectivity index (χ0) is 24.8. The molecule has 2 aliphatic rings. The molecule has 2 heterocycles. The first-order valence-corrected chi connectivity index (χ1v) is 11.1. The van der Waals surface area contributed by atoms with Gasteiger partial charge in [0.05, 0.1) is 58.5 Å². The zero-order valence-corrected chi connectivity index (χ0v) is 24.0. The Hall–Kier alpha value is -3.32. The molecule has 0 N–H and O–H groups in total. The number of hydrogen-bond acceptors (Lipinski definition) is 8. The van der Waals surface area contributed by atoms with Crippen molar-refractivity contribution in [3.05, 3.63) is 69.8 Å². The van der Waals surface area contributed by atoms with Crippen molar-refractivity contribution in [1.82, 2.24) is 0 Å². The minimum absolute atomic E-state index is 0. The second-order valence-corrected chi connectivity index (χ2v) is 7.64. The Bertz CT molecular complexity index is 1140. The van der Waals surface area contributed by atoms with Crippen LogP contribution in [0.4, 0.5) is 11.4 Å². The molecular weight excluding hydrogens is 498 g/mol. The molecule has 0 fully saturated rings. The number of nitrogens with zero attached hydrogens (tertiary/aromatic N) is 4. The van der Waals surface area contributed by atoms with E-state index in [0.717, 1.165) is 22.3 Å². The van der Waals surface area contributed by atoms with Gasteiger partial charge in [-0.2, -0.15) is 0 Å². The molecule has 0 spiro atoms. The normalized spacial score (nSPS) is 18.8. The molecule has 0 aromatic heterocycles. The van der Waals surface area contributed by atoms with Crippen molar-refractivity contribution in [3.63, 3.8) is 0 Å². The Balaban J connectivity index is 0.00000432. The third-order valence-electron chi connectivity index (χ3n) is 5.54. The number of allylic oxidation sites excluding steroid dienone is 4. The second kappa shape index (κ2) is 12.4. The fourth-order valence-corrected chi connectivity index (χ4v) is 3.31. The van der Waals surface area contributed by atoms with E-state index in [1.54, 1.807) is 26.3 Å². The van der Waals surface area contributed by atoms with Gasteiger partial charge in [0.2, 0.25) is 0 Å². The molecule has 0 bridgehead atoms. The minimum atomic E-state index is -0.442. The largest absolute Gasteiger partial charge is 2.00 e. The fraction of sp³-hybridized carbons (Fsp3) is 0.308. The van der Waals surface area contributed by atoms with Crippen molar-refractivity contribution in [2.75, 3.05) is 13.2 Å². The van der Waals surface area contributed by atoms with Crippen molar-refractivity contribution in [2.45, 2.75) is 41.5 Å².